The van der Waals surface area contributed by atoms with Crippen LogP contribution in [0, 0.1) is 24.2 Å². The van der Waals surface area contributed by atoms with Crippen molar-refractivity contribution in [3.63, 3.8) is 0 Å². The molecular formula is C12H19N3O. The molecule has 0 aliphatic carbocycles. The van der Waals surface area contributed by atoms with E-state index in [1.165, 1.54) is 0 Å². The van der Waals surface area contributed by atoms with Crippen molar-refractivity contribution in [2.75, 3.05) is 32.7 Å². The number of fused-ring (bicyclic) bond motifs is 1. The number of nitrogens with one attached hydrogen (secondary N) is 2. The molecule has 2 saturated heterocycles. The van der Waals surface area contributed by atoms with Gasteiger partial charge in [0.2, 0.25) is 5.91 Å². The van der Waals surface area contributed by atoms with Crippen LogP contribution < -0.4 is 10.6 Å². The van der Waals surface area contributed by atoms with Gasteiger partial charge in [-0.15, -0.1) is 6.42 Å². The molecule has 0 radical (unpaired) electrons. The summed E-state index contributed by atoms with van der Waals surface area (Å²) in [5.41, 5.74) is 0. The summed E-state index contributed by atoms with van der Waals surface area (Å²) in [5.74, 6) is 3.92. The van der Waals surface area contributed by atoms with Gasteiger partial charge in [-0.1, -0.05) is 5.92 Å². The van der Waals surface area contributed by atoms with Crippen LogP contribution in [-0.4, -0.2) is 49.6 Å². The number of hydrogen-bond donors (Lipinski definition) is 2. The first-order valence-electron chi connectivity index (χ1n) is 5.88. The van der Waals surface area contributed by atoms with Crippen molar-refractivity contribution in [2.45, 2.75) is 13.0 Å². The lowest BCUT2D eigenvalue weighted by atomic mass is 10.0. The summed E-state index contributed by atoms with van der Waals surface area (Å²) in [4.78, 5) is 14.0. The van der Waals surface area contributed by atoms with E-state index in [-0.39, 0.29) is 11.9 Å². The highest BCUT2D eigenvalue weighted by Gasteiger charge is 2.39. The maximum Gasteiger partial charge on any atom is 0.237 e. The molecule has 0 bridgehead atoms. The number of terminal acetylenes is 1. The molecule has 3 atom stereocenters. The van der Waals surface area contributed by atoms with Crippen molar-refractivity contribution in [3.8, 4) is 12.3 Å². The average molecular weight is 221 g/mol. The smallest absolute Gasteiger partial charge is 0.237 e. The van der Waals surface area contributed by atoms with E-state index in [9.17, 15) is 4.79 Å². The van der Waals surface area contributed by atoms with Crippen LogP contribution in [0.25, 0.3) is 0 Å². The molecule has 88 valence electrons. The van der Waals surface area contributed by atoms with Crippen LogP contribution >= 0.6 is 0 Å². The number of nitrogens with zero attached hydrogens (tertiary/aromatic N) is 1. The van der Waals surface area contributed by atoms with E-state index in [4.69, 9.17) is 6.42 Å². The fourth-order valence-electron chi connectivity index (χ4n) is 2.66. The molecule has 0 aromatic rings. The molecule has 0 spiro atoms. The molecule has 16 heavy (non-hydrogen) atoms. The molecule has 4 heteroatoms. The van der Waals surface area contributed by atoms with Crippen LogP contribution in [0.4, 0.5) is 0 Å². The summed E-state index contributed by atoms with van der Waals surface area (Å²) in [5, 5.41) is 6.14. The van der Waals surface area contributed by atoms with Gasteiger partial charge in [0.25, 0.3) is 0 Å². The van der Waals surface area contributed by atoms with Crippen molar-refractivity contribution in [1.82, 2.24) is 15.5 Å². The summed E-state index contributed by atoms with van der Waals surface area (Å²) < 4.78 is 0. The van der Waals surface area contributed by atoms with Gasteiger partial charge in [0.15, 0.2) is 0 Å². The third kappa shape index (κ3) is 2.21. The number of amides is 1. The van der Waals surface area contributed by atoms with Crippen LogP contribution in [-0.2, 0) is 4.79 Å². The maximum absolute atomic E-state index is 11.7. The molecule has 2 heterocycles. The number of hydrogen-bond acceptors (Lipinski definition) is 3. The van der Waals surface area contributed by atoms with Gasteiger partial charge in [-0.3, -0.25) is 9.69 Å². The van der Waals surface area contributed by atoms with E-state index >= 15 is 0 Å². The standard InChI is InChI=1S/C12H19N3O/c1-3-4-14-12(16)9(2)15-7-10-5-13-6-11(10)8-15/h1,9-11,13H,4-8H2,2H3,(H,14,16)/t9?,10-,11+. The lowest BCUT2D eigenvalue weighted by Gasteiger charge is -2.23. The van der Waals surface area contributed by atoms with Gasteiger partial charge in [0.05, 0.1) is 12.6 Å². The molecule has 2 fully saturated rings. The minimum atomic E-state index is -0.0565. The Labute approximate surface area is 96.8 Å². The SMILES string of the molecule is C#CCNC(=O)C(C)N1C[C@H]2CNC[C@H]2C1. The minimum Gasteiger partial charge on any atom is -0.344 e. The second kappa shape index (κ2) is 4.86. The number of carbonyl (C=O) groups is 1. The molecule has 1 unspecified atom stereocenters. The topological polar surface area (TPSA) is 44.4 Å². The Bertz CT molecular complexity index is 298. The van der Waals surface area contributed by atoms with Gasteiger partial charge < -0.3 is 10.6 Å². The van der Waals surface area contributed by atoms with Gasteiger partial charge in [-0.2, -0.15) is 0 Å². The monoisotopic (exact) mass is 221 g/mol. The fourth-order valence-corrected chi connectivity index (χ4v) is 2.66. The Hall–Kier alpha value is -1.05. The predicted octanol–water partition coefficient (Wildman–Crippen LogP) is -0.724. The van der Waals surface area contributed by atoms with Gasteiger partial charge in [0.1, 0.15) is 0 Å². The third-order valence-electron chi connectivity index (χ3n) is 3.71. The summed E-state index contributed by atoms with van der Waals surface area (Å²) in [6.45, 7) is 6.54. The molecule has 0 aromatic heterocycles. The Morgan fingerprint density at radius 1 is 1.56 bits per heavy atom. The molecule has 2 rings (SSSR count). The number of carbonyl (C=O) groups excluding carboxylic acids is 1. The third-order valence-corrected chi connectivity index (χ3v) is 3.71. The summed E-state index contributed by atoms with van der Waals surface area (Å²) in [6.07, 6.45) is 5.12. The van der Waals surface area contributed by atoms with Crippen LogP contribution in [0.1, 0.15) is 6.92 Å². The normalized spacial score (nSPS) is 30.8. The van der Waals surface area contributed by atoms with E-state index in [1.807, 2.05) is 6.92 Å². The molecule has 0 aromatic carbocycles. The second-order valence-electron chi connectivity index (χ2n) is 4.73. The average Bonchev–Trinajstić information content (AvgIpc) is 2.84. The van der Waals surface area contributed by atoms with E-state index in [2.05, 4.69) is 21.5 Å². The van der Waals surface area contributed by atoms with Gasteiger partial charge in [0, 0.05) is 13.1 Å². The first kappa shape index (κ1) is 11.4. The predicted molar refractivity (Wildman–Crippen MR) is 62.7 cm³/mol. The molecule has 4 nitrogen and oxygen atoms in total. The zero-order valence-corrected chi connectivity index (χ0v) is 9.70. The van der Waals surface area contributed by atoms with Crippen LogP contribution in [0.2, 0.25) is 0 Å². The quantitative estimate of drug-likeness (QED) is 0.618. The Balaban J connectivity index is 1.84. The lowest BCUT2D eigenvalue weighted by Crippen LogP contribution is -2.45. The molecule has 0 saturated carbocycles. The van der Waals surface area contributed by atoms with Gasteiger partial charge >= 0.3 is 0 Å². The fraction of sp³-hybridized carbons (Fsp3) is 0.750. The lowest BCUT2D eigenvalue weighted by molar-refractivity contribution is -0.125. The zero-order valence-electron chi connectivity index (χ0n) is 9.70. The molecule has 2 aliphatic heterocycles. The Morgan fingerprint density at radius 2 is 2.19 bits per heavy atom. The highest BCUT2D eigenvalue weighted by Crippen LogP contribution is 2.27. The van der Waals surface area contributed by atoms with Crippen molar-refractivity contribution < 1.29 is 4.79 Å². The van der Waals surface area contributed by atoms with Crippen LogP contribution in [0.3, 0.4) is 0 Å². The van der Waals surface area contributed by atoms with Crippen LogP contribution in [0.15, 0.2) is 0 Å². The van der Waals surface area contributed by atoms with Gasteiger partial charge in [-0.05, 0) is 31.8 Å². The number of likely N-dealkylation sites (tertiary alicyclic amines) is 1. The van der Waals surface area contributed by atoms with Crippen molar-refractivity contribution in [1.29, 1.82) is 0 Å². The van der Waals surface area contributed by atoms with Crippen molar-refractivity contribution in [3.05, 3.63) is 0 Å². The minimum absolute atomic E-state index is 0.0471. The Morgan fingerprint density at radius 3 is 2.75 bits per heavy atom. The van der Waals surface area contributed by atoms with Crippen LogP contribution in [0.5, 0.6) is 0 Å². The van der Waals surface area contributed by atoms with E-state index in [0.717, 1.165) is 38.0 Å². The highest BCUT2D eigenvalue weighted by atomic mass is 16.2. The maximum atomic E-state index is 11.7. The Kier molecular flexibility index (Phi) is 3.47. The first-order chi connectivity index (χ1) is 7.72. The molecule has 1 amide bonds. The zero-order chi connectivity index (χ0) is 11.5. The molecule has 2 N–H and O–H groups in total. The summed E-state index contributed by atoms with van der Waals surface area (Å²) in [7, 11) is 0. The van der Waals surface area contributed by atoms with E-state index < -0.39 is 0 Å². The van der Waals surface area contributed by atoms with Crippen molar-refractivity contribution >= 4 is 5.91 Å². The highest BCUT2D eigenvalue weighted by molar-refractivity contribution is 5.81. The largest absolute Gasteiger partial charge is 0.344 e. The van der Waals surface area contributed by atoms with Crippen molar-refractivity contribution in [2.24, 2.45) is 11.8 Å². The second-order valence-corrected chi connectivity index (χ2v) is 4.73. The van der Waals surface area contributed by atoms with E-state index in [1.54, 1.807) is 0 Å². The molecular weight excluding hydrogens is 202 g/mol. The summed E-state index contributed by atoms with van der Waals surface area (Å²) >= 11 is 0. The number of rotatable bonds is 3. The molecule has 2 aliphatic rings. The first-order valence-corrected chi connectivity index (χ1v) is 5.88. The summed E-state index contributed by atoms with van der Waals surface area (Å²) in [6, 6.07) is -0.0565. The van der Waals surface area contributed by atoms with E-state index in [0.29, 0.717) is 6.54 Å². The van der Waals surface area contributed by atoms with Gasteiger partial charge in [-0.25, -0.2) is 0 Å².